The van der Waals surface area contributed by atoms with E-state index >= 15 is 0 Å². The second-order valence-electron chi connectivity index (χ2n) is 2.44. The van der Waals surface area contributed by atoms with E-state index in [2.05, 4.69) is 4.98 Å². The molecule has 0 bridgehead atoms. The molecule has 1 heterocycles. The fourth-order valence-electron chi connectivity index (χ4n) is 0.804. The molecule has 1 aromatic heterocycles. The van der Waals surface area contributed by atoms with Crippen LogP contribution in [0, 0.1) is 0 Å². The molecule has 2 N–H and O–H groups in total. The van der Waals surface area contributed by atoms with Crippen LogP contribution in [0.15, 0.2) is 6.33 Å². The van der Waals surface area contributed by atoms with Crippen LogP contribution in [0.3, 0.4) is 0 Å². The predicted molar refractivity (Wildman–Crippen MR) is 47.4 cm³/mol. The highest BCUT2D eigenvalue weighted by Gasteiger charge is 2.06. The van der Waals surface area contributed by atoms with E-state index in [1.807, 2.05) is 7.05 Å². The molecule has 0 aliphatic carbocycles. The van der Waals surface area contributed by atoms with Crippen molar-refractivity contribution in [1.82, 2.24) is 9.55 Å². The first-order chi connectivity index (χ1) is 5.75. The SMILES string of the molecule is Cn1cnc(Cl)c1OCCCN. The molecule has 5 heteroatoms. The van der Waals surface area contributed by atoms with Gasteiger partial charge in [-0.15, -0.1) is 0 Å². The Kier molecular flexibility index (Phi) is 3.37. The maximum absolute atomic E-state index is 5.74. The van der Waals surface area contributed by atoms with Gasteiger partial charge >= 0.3 is 0 Å². The highest BCUT2D eigenvalue weighted by atomic mass is 35.5. The smallest absolute Gasteiger partial charge is 0.233 e. The number of hydrogen-bond donors (Lipinski definition) is 1. The molecule has 0 unspecified atom stereocenters. The van der Waals surface area contributed by atoms with Crippen LogP contribution in [-0.4, -0.2) is 22.7 Å². The fraction of sp³-hybridized carbons (Fsp3) is 0.571. The van der Waals surface area contributed by atoms with Crippen molar-refractivity contribution in [2.45, 2.75) is 6.42 Å². The molecule has 0 amide bonds. The van der Waals surface area contributed by atoms with E-state index in [9.17, 15) is 0 Å². The Morgan fingerprint density at radius 3 is 3.00 bits per heavy atom. The minimum atomic E-state index is 0.398. The zero-order valence-corrected chi connectivity index (χ0v) is 7.71. The molecule has 0 spiro atoms. The van der Waals surface area contributed by atoms with Crippen molar-refractivity contribution in [3.05, 3.63) is 11.5 Å². The quantitative estimate of drug-likeness (QED) is 0.713. The summed E-state index contributed by atoms with van der Waals surface area (Å²) in [6.45, 7) is 1.20. The molecule has 12 heavy (non-hydrogen) atoms. The molecule has 0 aromatic carbocycles. The summed E-state index contributed by atoms with van der Waals surface area (Å²) < 4.78 is 7.07. The predicted octanol–water partition coefficient (Wildman–Crippen LogP) is 0.801. The number of nitrogens with zero attached hydrogens (tertiary/aromatic N) is 2. The molecular formula is C7H12ClN3O. The average molecular weight is 190 g/mol. The lowest BCUT2D eigenvalue weighted by molar-refractivity contribution is 0.292. The van der Waals surface area contributed by atoms with Gasteiger partial charge in [0, 0.05) is 7.05 Å². The lowest BCUT2D eigenvalue weighted by Crippen LogP contribution is -2.07. The van der Waals surface area contributed by atoms with Gasteiger partial charge in [-0.25, -0.2) is 4.98 Å². The second-order valence-corrected chi connectivity index (χ2v) is 2.80. The summed E-state index contributed by atoms with van der Waals surface area (Å²) in [5.41, 5.74) is 5.31. The van der Waals surface area contributed by atoms with Gasteiger partial charge in [0.2, 0.25) is 5.88 Å². The Hall–Kier alpha value is -0.740. The van der Waals surface area contributed by atoms with E-state index in [0.29, 0.717) is 24.2 Å². The molecule has 68 valence electrons. The molecule has 0 atom stereocenters. The van der Waals surface area contributed by atoms with Crippen LogP contribution in [0.4, 0.5) is 0 Å². The van der Waals surface area contributed by atoms with Gasteiger partial charge in [0.1, 0.15) is 0 Å². The summed E-state index contributed by atoms with van der Waals surface area (Å²) in [7, 11) is 1.83. The Labute approximate surface area is 76.3 Å². The first-order valence-corrected chi connectivity index (χ1v) is 4.13. The standard InChI is InChI=1S/C7H12ClN3O/c1-11-5-10-6(8)7(11)12-4-2-3-9/h5H,2-4,9H2,1H3. The van der Waals surface area contributed by atoms with E-state index in [4.69, 9.17) is 22.1 Å². The maximum atomic E-state index is 5.74. The molecule has 4 nitrogen and oxygen atoms in total. The van der Waals surface area contributed by atoms with E-state index in [0.717, 1.165) is 6.42 Å². The number of aryl methyl sites for hydroxylation is 1. The minimum Gasteiger partial charge on any atom is -0.477 e. The van der Waals surface area contributed by atoms with Crippen molar-refractivity contribution in [2.75, 3.05) is 13.2 Å². The lowest BCUT2D eigenvalue weighted by atomic mass is 10.5. The summed E-state index contributed by atoms with van der Waals surface area (Å²) in [5.74, 6) is 0.602. The molecule has 0 aliphatic rings. The highest BCUT2D eigenvalue weighted by molar-refractivity contribution is 6.30. The number of imidazole rings is 1. The molecule has 1 aromatic rings. The van der Waals surface area contributed by atoms with Gasteiger partial charge < -0.3 is 15.0 Å². The Morgan fingerprint density at radius 2 is 2.50 bits per heavy atom. The third kappa shape index (κ3) is 2.12. The lowest BCUT2D eigenvalue weighted by Gasteiger charge is -2.04. The van der Waals surface area contributed by atoms with Gasteiger partial charge in [0.25, 0.3) is 0 Å². The van der Waals surface area contributed by atoms with Gasteiger partial charge in [0.15, 0.2) is 5.15 Å². The molecule has 1 rings (SSSR count). The first-order valence-electron chi connectivity index (χ1n) is 3.75. The molecule has 0 aliphatic heterocycles. The maximum Gasteiger partial charge on any atom is 0.233 e. The average Bonchev–Trinajstić information content (AvgIpc) is 2.35. The largest absolute Gasteiger partial charge is 0.477 e. The van der Waals surface area contributed by atoms with Gasteiger partial charge in [-0.2, -0.15) is 0 Å². The highest BCUT2D eigenvalue weighted by Crippen LogP contribution is 2.20. The second kappa shape index (κ2) is 4.33. The zero-order chi connectivity index (χ0) is 8.97. The summed E-state index contributed by atoms with van der Waals surface area (Å²) >= 11 is 5.74. The van der Waals surface area contributed by atoms with Crippen LogP contribution in [-0.2, 0) is 7.05 Å². The molecule has 0 fully saturated rings. The first kappa shape index (κ1) is 9.35. The van der Waals surface area contributed by atoms with Gasteiger partial charge in [-0.1, -0.05) is 11.6 Å². The molecular weight excluding hydrogens is 178 g/mol. The fourth-order valence-corrected chi connectivity index (χ4v) is 1.04. The number of ether oxygens (including phenoxy) is 1. The molecule has 0 radical (unpaired) electrons. The monoisotopic (exact) mass is 189 g/mol. The van der Waals surface area contributed by atoms with Gasteiger partial charge in [0.05, 0.1) is 12.9 Å². The number of nitrogens with two attached hydrogens (primary N) is 1. The topological polar surface area (TPSA) is 53.1 Å². The summed E-state index contributed by atoms with van der Waals surface area (Å²) in [5, 5.41) is 0.398. The van der Waals surface area contributed by atoms with Crippen LogP contribution in [0.5, 0.6) is 5.88 Å². The van der Waals surface area contributed by atoms with Crippen molar-refractivity contribution >= 4 is 11.6 Å². The van der Waals surface area contributed by atoms with Crippen molar-refractivity contribution in [1.29, 1.82) is 0 Å². The number of rotatable bonds is 4. The minimum absolute atomic E-state index is 0.398. The zero-order valence-electron chi connectivity index (χ0n) is 6.96. The van der Waals surface area contributed by atoms with E-state index in [1.54, 1.807) is 10.9 Å². The number of halogens is 1. The third-order valence-corrected chi connectivity index (χ3v) is 1.69. The summed E-state index contributed by atoms with van der Waals surface area (Å²) in [6.07, 6.45) is 2.43. The van der Waals surface area contributed by atoms with Gasteiger partial charge in [-0.3, -0.25) is 0 Å². The Bertz CT molecular complexity index is 229. The van der Waals surface area contributed by atoms with Crippen molar-refractivity contribution < 1.29 is 4.74 Å². The number of aromatic nitrogens is 2. The van der Waals surface area contributed by atoms with Crippen LogP contribution < -0.4 is 10.5 Å². The normalized spacial score (nSPS) is 10.2. The van der Waals surface area contributed by atoms with E-state index < -0.39 is 0 Å². The van der Waals surface area contributed by atoms with Crippen LogP contribution in [0.25, 0.3) is 0 Å². The Morgan fingerprint density at radius 1 is 1.75 bits per heavy atom. The summed E-state index contributed by atoms with van der Waals surface area (Å²) in [4.78, 5) is 3.87. The number of hydrogen-bond acceptors (Lipinski definition) is 3. The Balaban J connectivity index is 2.50. The van der Waals surface area contributed by atoms with Crippen LogP contribution >= 0.6 is 11.6 Å². The molecule has 0 saturated carbocycles. The third-order valence-electron chi connectivity index (χ3n) is 1.43. The summed E-state index contributed by atoms with van der Waals surface area (Å²) in [6, 6.07) is 0. The van der Waals surface area contributed by atoms with E-state index in [-0.39, 0.29) is 0 Å². The van der Waals surface area contributed by atoms with Crippen molar-refractivity contribution in [3.8, 4) is 5.88 Å². The van der Waals surface area contributed by atoms with Crippen LogP contribution in [0.2, 0.25) is 5.15 Å². The van der Waals surface area contributed by atoms with Crippen LogP contribution in [0.1, 0.15) is 6.42 Å². The van der Waals surface area contributed by atoms with Crippen molar-refractivity contribution in [3.63, 3.8) is 0 Å². The van der Waals surface area contributed by atoms with Crippen molar-refractivity contribution in [2.24, 2.45) is 12.8 Å². The van der Waals surface area contributed by atoms with E-state index in [1.165, 1.54) is 0 Å². The molecule has 0 saturated heterocycles. The van der Waals surface area contributed by atoms with Gasteiger partial charge in [-0.05, 0) is 13.0 Å².